The normalized spacial score (nSPS) is 10.8. The smallest absolute Gasteiger partial charge is 0.412 e. The molecule has 0 saturated carbocycles. The molecule has 0 saturated heterocycles. The van der Waals surface area contributed by atoms with Gasteiger partial charge in [-0.3, -0.25) is 10.1 Å². The first-order valence-corrected chi connectivity index (χ1v) is 6.05. The van der Waals surface area contributed by atoms with Crippen LogP contribution in [0.25, 0.3) is 0 Å². The molecule has 1 aromatic carbocycles. The molecule has 5 nitrogen and oxygen atoms in total. The van der Waals surface area contributed by atoms with Crippen LogP contribution < -0.4 is 10.6 Å². The summed E-state index contributed by atoms with van der Waals surface area (Å²) in [5, 5.41) is 5.21. The molecule has 19 heavy (non-hydrogen) atoms. The minimum Gasteiger partial charge on any atom is -0.444 e. The van der Waals surface area contributed by atoms with E-state index in [2.05, 4.69) is 10.6 Å². The number of amides is 2. The zero-order valence-electron chi connectivity index (χ0n) is 12.0. The predicted octanol–water partition coefficient (Wildman–Crippen LogP) is 2.70. The number of hydrogen-bond donors (Lipinski definition) is 2. The molecule has 2 amide bonds. The molecular weight excluding hydrogens is 244 g/mol. The van der Waals surface area contributed by atoms with E-state index in [1.807, 2.05) is 6.92 Å². The van der Waals surface area contributed by atoms with E-state index in [0.29, 0.717) is 11.3 Å². The lowest BCUT2D eigenvalue weighted by molar-refractivity contribution is 0.0635. The molecule has 0 atom stereocenters. The van der Waals surface area contributed by atoms with E-state index in [-0.39, 0.29) is 5.91 Å². The predicted molar refractivity (Wildman–Crippen MR) is 74.4 cm³/mol. The molecule has 0 heterocycles. The van der Waals surface area contributed by atoms with Crippen LogP contribution in [0.3, 0.4) is 0 Å². The van der Waals surface area contributed by atoms with Gasteiger partial charge in [-0.05, 0) is 51.5 Å². The highest BCUT2D eigenvalue weighted by molar-refractivity contribution is 5.95. The Morgan fingerprint density at radius 2 is 1.84 bits per heavy atom. The van der Waals surface area contributed by atoms with Crippen molar-refractivity contribution >= 4 is 17.7 Å². The number of rotatable bonds is 2. The van der Waals surface area contributed by atoms with Crippen LogP contribution in [0, 0.1) is 6.92 Å². The van der Waals surface area contributed by atoms with Crippen LogP contribution in [0.1, 0.15) is 36.7 Å². The average molecular weight is 264 g/mol. The molecule has 0 aromatic heterocycles. The molecule has 0 aliphatic carbocycles. The summed E-state index contributed by atoms with van der Waals surface area (Å²) < 4.78 is 5.17. The van der Waals surface area contributed by atoms with Crippen molar-refractivity contribution in [1.82, 2.24) is 5.32 Å². The van der Waals surface area contributed by atoms with Gasteiger partial charge in [0.2, 0.25) is 0 Å². The Bertz CT molecular complexity index is 490. The Kier molecular flexibility index (Phi) is 4.53. The van der Waals surface area contributed by atoms with Crippen molar-refractivity contribution in [3.63, 3.8) is 0 Å². The first kappa shape index (κ1) is 15.0. The number of anilines is 1. The van der Waals surface area contributed by atoms with E-state index in [1.54, 1.807) is 46.0 Å². The number of aryl methyl sites for hydroxylation is 1. The van der Waals surface area contributed by atoms with Crippen LogP contribution in [0.5, 0.6) is 0 Å². The molecular formula is C14H20N2O3. The molecule has 5 heteroatoms. The van der Waals surface area contributed by atoms with Crippen molar-refractivity contribution in [3.8, 4) is 0 Å². The number of nitrogens with one attached hydrogen (secondary N) is 2. The molecule has 0 radical (unpaired) electrons. The number of carbonyl (C=O) groups is 2. The Morgan fingerprint density at radius 1 is 1.21 bits per heavy atom. The third kappa shape index (κ3) is 4.62. The summed E-state index contributed by atoms with van der Waals surface area (Å²) in [4.78, 5) is 23.1. The van der Waals surface area contributed by atoms with E-state index < -0.39 is 11.7 Å². The second-order valence-corrected chi connectivity index (χ2v) is 5.24. The number of ether oxygens (including phenoxy) is 1. The lowest BCUT2D eigenvalue weighted by Crippen LogP contribution is -2.27. The van der Waals surface area contributed by atoms with E-state index in [1.165, 1.54) is 0 Å². The summed E-state index contributed by atoms with van der Waals surface area (Å²) in [6.07, 6.45) is -0.511. The number of carbonyl (C=O) groups excluding carboxylic acids is 2. The molecule has 0 fully saturated rings. The van der Waals surface area contributed by atoms with Gasteiger partial charge >= 0.3 is 6.09 Å². The van der Waals surface area contributed by atoms with Gasteiger partial charge in [-0.1, -0.05) is 0 Å². The van der Waals surface area contributed by atoms with Crippen molar-refractivity contribution in [2.75, 3.05) is 12.4 Å². The van der Waals surface area contributed by atoms with E-state index >= 15 is 0 Å². The minimum absolute atomic E-state index is 0.160. The molecule has 0 aliphatic heterocycles. The summed E-state index contributed by atoms with van der Waals surface area (Å²) in [7, 11) is 1.57. The lowest BCUT2D eigenvalue weighted by atomic mass is 10.1. The largest absolute Gasteiger partial charge is 0.444 e. The number of benzene rings is 1. The van der Waals surface area contributed by atoms with E-state index in [0.717, 1.165) is 5.56 Å². The van der Waals surface area contributed by atoms with Crippen molar-refractivity contribution in [2.45, 2.75) is 33.3 Å². The molecule has 0 bridgehead atoms. The van der Waals surface area contributed by atoms with Gasteiger partial charge in [0.15, 0.2) is 0 Å². The average Bonchev–Trinajstić information content (AvgIpc) is 2.28. The van der Waals surface area contributed by atoms with Crippen molar-refractivity contribution < 1.29 is 14.3 Å². The van der Waals surface area contributed by atoms with E-state index in [4.69, 9.17) is 4.74 Å². The van der Waals surface area contributed by atoms with Gasteiger partial charge in [0.05, 0.1) is 0 Å². The maximum atomic E-state index is 11.6. The van der Waals surface area contributed by atoms with Gasteiger partial charge in [-0.25, -0.2) is 4.79 Å². The highest BCUT2D eigenvalue weighted by Crippen LogP contribution is 2.18. The zero-order valence-corrected chi connectivity index (χ0v) is 12.0. The van der Waals surface area contributed by atoms with Gasteiger partial charge in [0.25, 0.3) is 5.91 Å². The summed E-state index contributed by atoms with van der Waals surface area (Å²) in [6.45, 7) is 7.22. The Hall–Kier alpha value is -2.04. The standard InChI is InChI=1S/C14H20N2O3/c1-9-8-10(12(17)15-5)6-7-11(9)16-13(18)19-14(2,3)4/h6-8H,1-5H3,(H,15,17)(H,16,18). The van der Waals surface area contributed by atoms with Gasteiger partial charge in [-0.15, -0.1) is 0 Å². The molecule has 1 aromatic rings. The van der Waals surface area contributed by atoms with Crippen LogP contribution in [0.4, 0.5) is 10.5 Å². The van der Waals surface area contributed by atoms with Gasteiger partial charge in [0.1, 0.15) is 5.60 Å². The van der Waals surface area contributed by atoms with Crippen molar-refractivity contribution in [1.29, 1.82) is 0 Å². The SMILES string of the molecule is CNC(=O)c1ccc(NC(=O)OC(C)(C)C)c(C)c1. The van der Waals surface area contributed by atoms with Crippen LogP contribution in [0.15, 0.2) is 18.2 Å². The Labute approximate surface area is 113 Å². The number of hydrogen-bond acceptors (Lipinski definition) is 3. The van der Waals surface area contributed by atoms with Crippen LogP contribution in [-0.4, -0.2) is 24.6 Å². The first-order chi connectivity index (χ1) is 8.73. The molecule has 0 unspecified atom stereocenters. The molecule has 0 spiro atoms. The van der Waals surface area contributed by atoms with Crippen LogP contribution >= 0.6 is 0 Å². The topological polar surface area (TPSA) is 67.4 Å². The third-order valence-corrected chi connectivity index (χ3v) is 2.35. The fourth-order valence-corrected chi connectivity index (χ4v) is 1.50. The molecule has 2 N–H and O–H groups in total. The monoisotopic (exact) mass is 264 g/mol. The lowest BCUT2D eigenvalue weighted by Gasteiger charge is -2.20. The highest BCUT2D eigenvalue weighted by Gasteiger charge is 2.17. The summed E-state index contributed by atoms with van der Waals surface area (Å²) in [6, 6.07) is 5.05. The molecule has 0 aliphatic rings. The zero-order chi connectivity index (χ0) is 14.6. The third-order valence-electron chi connectivity index (χ3n) is 2.35. The Morgan fingerprint density at radius 3 is 2.32 bits per heavy atom. The maximum Gasteiger partial charge on any atom is 0.412 e. The van der Waals surface area contributed by atoms with Crippen LogP contribution in [-0.2, 0) is 4.74 Å². The quantitative estimate of drug-likeness (QED) is 0.863. The van der Waals surface area contributed by atoms with E-state index in [9.17, 15) is 9.59 Å². The molecule has 104 valence electrons. The fourth-order valence-electron chi connectivity index (χ4n) is 1.50. The summed E-state index contributed by atoms with van der Waals surface area (Å²) >= 11 is 0. The summed E-state index contributed by atoms with van der Waals surface area (Å²) in [5.41, 5.74) is 1.43. The van der Waals surface area contributed by atoms with Crippen molar-refractivity contribution in [2.24, 2.45) is 0 Å². The first-order valence-electron chi connectivity index (χ1n) is 6.05. The van der Waals surface area contributed by atoms with Gasteiger partial charge in [-0.2, -0.15) is 0 Å². The second-order valence-electron chi connectivity index (χ2n) is 5.24. The fraction of sp³-hybridized carbons (Fsp3) is 0.429. The molecule has 1 rings (SSSR count). The minimum atomic E-state index is -0.542. The Balaban J connectivity index is 2.81. The summed E-state index contributed by atoms with van der Waals surface area (Å²) in [5.74, 6) is -0.160. The maximum absolute atomic E-state index is 11.6. The van der Waals surface area contributed by atoms with Gasteiger partial charge < -0.3 is 10.1 Å². The van der Waals surface area contributed by atoms with Crippen molar-refractivity contribution in [3.05, 3.63) is 29.3 Å². The van der Waals surface area contributed by atoms with Crippen LogP contribution in [0.2, 0.25) is 0 Å². The highest BCUT2D eigenvalue weighted by atomic mass is 16.6. The van der Waals surface area contributed by atoms with Gasteiger partial charge in [0, 0.05) is 18.3 Å². The second kappa shape index (κ2) is 5.73.